The Balaban J connectivity index is 0.000000390. The zero-order valence-electron chi connectivity index (χ0n) is 21.5. The third-order valence-corrected chi connectivity index (χ3v) is 6.65. The SMILES string of the molecule is C=CC(/C=C\CCCC)C(C)C1c2ccccc2-c2ccccc21.CCCCC(C)(C)C. The summed E-state index contributed by atoms with van der Waals surface area (Å²) < 4.78 is 0. The van der Waals surface area contributed by atoms with Crippen molar-refractivity contribution in [1.82, 2.24) is 0 Å². The quantitative estimate of drug-likeness (QED) is 0.274. The molecule has 0 fully saturated rings. The van der Waals surface area contributed by atoms with E-state index in [0.29, 0.717) is 23.2 Å². The molecule has 0 nitrogen and oxygen atoms in total. The Morgan fingerprint density at radius 1 is 0.875 bits per heavy atom. The zero-order valence-corrected chi connectivity index (χ0v) is 21.5. The van der Waals surface area contributed by atoms with Crippen LogP contribution in [0.4, 0.5) is 0 Å². The van der Waals surface area contributed by atoms with Gasteiger partial charge in [-0.3, -0.25) is 0 Å². The minimum absolute atomic E-state index is 0.408. The normalized spacial score (nSPS) is 14.9. The molecule has 0 amide bonds. The van der Waals surface area contributed by atoms with E-state index in [-0.39, 0.29) is 0 Å². The fourth-order valence-corrected chi connectivity index (χ4v) is 4.73. The van der Waals surface area contributed by atoms with Gasteiger partial charge >= 0.3 is 0 Å². The van der Waals surface area contributed by atoms with Crippen LogP contribution in [-0.4, -0.2) is 0 Å². The summed E-state index contributed by atoms with van der Waals surface area (Å²) in [5.41, 5.74) is 6.31. The van der Waals surface area contributed by atoms with Crippen LogP contribution in [0.15, 0.2) is 73.3 Å². The Labute approximate surface area is 198 Å². The Morgan fingerprint density at radius 3 is 1.84 bits per heavy atom. The van der Waals surface area contributed by atoms with E-state index in [9.17, 15) is 0 Å². The number of fused-ring (bicyclic) bond motifs is 3. The maximum Gasteiger partial charge on any atom is 0.0136 e. The average Bonchev–Trinajstić information content (AvgIpc) is 3.12. The molecule has 0 N–H and O–H groups in total. The molecular weight excluding hydrogens is 384 g/mol. The Morgan fingerprint density at radius 2 is 1.41 bits per heavy atom. The van der Waals surface area contributed by atoms with E-state index >= 15 is 0 Å². The maximum absolute atomic E-state index is 4.11. The highest BCUT2D eigenvalue weighted by molar-refractivity contribution is 5.78. The van der Waals surface area contributed by atoms with E-state index in [1.807, 2.05) is 0 Å². The molecule has 2 unspecified atom stereocenters. The molecule has 0 aliphatic heterocycles. The van der Waals surface area contributed by atoms with Crippen LogP contribution >= 0.6 is 0 Å². The van der Waals surface area contributed by atoms with Gasteiger partial charge in [0.2, 0.25) is 0 Å². The summed E-state index contributed by atoms with van der Waals surface area (Å²) >= 11 is 0. The number of benzene rings is 2. The summed E-state index contributed by atoms with van der Waals surface area (Å²) in [5.74, 6) is 1.37. The molecule has 2 atom stereocenters. The second-order valence-corrected chi connectivity index (χ2v) is 10.6. The summed E-state index contributed by atoms with van der Waals surface area (Å²) in [4.78, 5) is 0. The molecule has 3 rings (SSSR count). The van der Waals surface area contributed by atoms with Gasteiger partial charge < -0.3 is 0 Å². The minimum atomic E-state index is 0.408. The van der Waals surface area contributed by atoms with Crippen molar-refractivity contribution in [2.75, 3.05) is 0 Å². The van der Waals surface area contributed by atoms with Crippen molar-refractivity contribution in [2.45, 2.75) is 86.0 Å². The highest BCUT2D eigenvalue weighted by atomic mass is 14.4. The zero-order chi connectivity index (χ0) is 23.6. The first-order valence-electron chi connectivity index (χ1n) is 12.8. The molecule has 0 heterocycles. The number of hydrogen-bond acceptors (Lipinski definition) is 0. The van der Waals surface area contributed by atoms with Crippen molar-refractivity contribution in [3.8, 4) is 11.1 Å². The summed E-state index contributed by atoms with van der Waals surface area (Å²) in [5, 5.41) is 0. The van der Waals surface area contributed by atoms with Crippen molar-refractivity contribution in [3.05, 3.63) is 84.5 Å². The van der Waals surface area contributed by atoms with Crippen LogP contribution < -0.4 is 0 Å². The van der Waals surface area contributed by atoms with E-state index < -0.39 is 0 Å². The first-order chi connectivity index (χ1) is 15.3. The van der Waals surface area contributed by atoms with Crippen molar-refractivity contribution >= 4 is 0 Å². The molecule has 2 aromatic carbocycles. The lowest BCUT2D eigenvalue weighted by atomic mass is 9.77. The molecule has 0 spiro atoms. The van der Waals surface area contributed by atoms with Crippen LogP contribution in [0, 0.1) is 17.3 Å². The molecule has 0 saturated heterocycles. The van der Waals surface area contributed by atoms with Crippen LogP contribution in [0.25, 0.3) is 11.1 Å². The van der Waals surface area contributed by atoms with Crippen LogP contribution in [-0.2, 0) is 0 Å². The second-order valence-electron chi connectivity index (χ2n) is 10.6. The Kier molecular flexibility index (Phi) is 10.5. The van der Waals surface area contributed by atoms with Gasteiger partial charge in [0.1, 0.15) is 0 Å². The largest absolute Gasteiger partial charge is 0.102 e. The molecule has 0 aromatic heterocycles. The second kappa shape index (κ2) is 12.8. The minimum Gasteiger partial charge on any atom is -0.102 e. The Hall–Kier alpha value is -2.08. The van der Waals surface area contributed by atoms with Crippen LogP contribution in [0.3, 0.4) is 0 Å². The monoisotopic (exact) mass is 430 g/mol. The first-order valence-corrected chi connectivity index (χ1v) is 12.8. The summed E-state index contributed by atoms with van der Waals surface area (Å²) in [6.07, 6.45) is 14.6. The van der Waals surface area contributed by atoms with E-state index in [4.69, 9.17) is 0 Å². The smallest absolute Gasteiger partial charge is 0.0136 e. The van der Waals surface area contributed by atoms with Gasteiger partial charge in [0.05, 0.1) is 0 Å². The summed E-state index contributed by atoms with van der Waals surface area (Å²) in [6, 6.07) is 17.8. The lowest BCUT2D eigenvalue weighted by Gasteiger charge is -2.26. The van der Waals surface area contributed by atoms with Crippen molar-refractivity contribution in [3.63, 3.8) is 0 Å². The van der Waals surface area contributed by atoms with E-state index in [0.717, 1.165) is 0 Å². The topological polar surface area (TPSA) is 0 Å². The third kappa shape index (κ3) is 7.22. The van der Waals surface area contributed by atoms with E-state index in [2.05, 4.69) is 115 Å². The van der Waals surface area contributed by atoms with Gasteiger partial charge in [-0.25, -0.2) is 0 Å². The predicted octanol–water partition coefficient (Wildman–Crippen LogP) is 10.2. The third-order valence-electron chi connectivity index (χ3n) is 6.65. The highest BCUT2D eigenvalue weighted by Gasteiger charge is 2.33. The fourth-order valence-electron chi connectivity index (χ4n) is 4.73. The van der Waals surface area contributed by atoms with Crippen molar-refractivity contribution in [2.24, 2.45) is 17.3 Å². The lowest BCUT2D eigenvalue weighted by molar-refractivity contribution is 0.363. The molecule has 1 aliphatic carbocycles. The molecule has 32 heavy (non-hydrogen) atoms. The highest BCUT2D eigenvalue weighted by Crippen LogP contribution is 2.49. The van der Waals surface area contributed by atoms with Crippen LogP contribution in [0.2, 0.25) is 0 Å². The van der Waals surface area contributed by atoms with Gasteiger partial charge in [-0.15, -0.1) is 6.58 Å². The molecule has 0 saturated carbocycles. The van der Waals surface area contributed by atoms with Crippen LogP contribution in [0.5, 0.6) is 0 Å². The molecular formula is C32H46. The van der Waals surface area contributed by atoms with Crippen molar-refractivity contribution in [1.29, 1.82) is 0 Å². The average molecular weight is 431 g/mol. The number of unbranched alkanes of at least 4 members (excludes halogenated alkanes) is 3. The molecule has 0 radical (unpaired) electrons. The predicted molar refractivity (Wildman–Crippen MR) is 144 cm³/mol. The van der Waals surface area contributed by atoms with Gasteiger partial charge in [-0.2, -0.15) is 0 Å². The number of allylic oxidation sites excluding steroid dienone is 3. The van der Waals surface area contributed by atoms with E-state index in [1.54, 1.807) is 0 Å². The number of hydrogen-bond donors (Lipinski definition) is 0. The molecule has 174 valence electrons. The molecule has 0 heteroatoms. The van der Waals surface area contributed by atoms with E-state index in [1.165, 1.54) is 60.8 Å². The van der Waals surface area contributed by atoms with Gasteiger partial charge in [-0.05, 0) is 52.3 Å². The molecule has 0 bridgehead atoms. The van der Waals surface area contributed by atoms with Gasteiger partial charge in [0, 0.05) is 5.92 Å². The number of rotatable bonds is 9. The van der Waals surface area contributed by atoms with Crippen LogP contribution in [0.1, 0.15) is 97.1 Å². The fraction of sp³-hybridized carbons (Fsp3) is 0.500. The maximum atomic E-state index is 4.11. The van der Waals surface area contributed by atoms with Crippen molar-refractivity contribution < 1.29 is 0 Å². The van der Waals surface area contributed by atoms with Gasteiger partial charge in [0.25, 0.3) is 0 Å². The Bertz CT molecular complexity index is 803. The standard InChI is InChI=1S/C24H28.C8H18/c1-4-6-7-8-13-19(5-2)18(3)24-22-16-11-9-14-20(22)21-15-10-12-17-23(21)24;1-5-6-7-8(2,3)4/h5,8-19,24H,2,4,6-7H2,1,3H3;5-7H2,1-4H3/b13-8-;. The lowest BCUT2D eigenvalue weighted by Crippen LogP contribution is -2.16. The van der Waals surface area contributed by atoms with Gasteiger partial charge in [-0.1, -0.05) is 134 Å². The summed E-state index contributed by atoms with van der Waals surface area (Å²) in [6.45, 7) is 17.9. The first kappa shape index (κ1) is 26.2. The van der Waals surface area contributed by atoms with Gasteiger partial charge in [0.15, 0.2) is 0 Å². The molecule has 2 aromatic rings. The summed E-state index contributed by atoms with van der Waals surface area (Å²) in [7, 11) is 0. The molecule has 1 aliphatic rings.